The van der Waals surface area contributed by atoms with E-state index in [1.807, 2.05) is 37.3 Å². The topological polar surface area (TPSA) is 67.9 Å². The maximum absolute atomic E-state index is 12.3. The van der Waals surface area contributed by atoms with E-state index in [0.29, 0.717) is 19.5 Å². The van der Waals surface area contributed by atoms with Gasteiger partial charge < -0.3 is 20.4 Å². The van der Waals surface area contributed by atoms with Crippen LogP contribution in [0.4, 0.5) is 16.2 Å². The molecule has 2 N–H and O–H groups in total. The molecule has 0 bridgehead atoms. The first-order chi connectivity index (χ1) is 15.1. The number of piperazine rings is 1. The van der Waals surface area contributed by atoms with Crippen LogP contribution in [0.1, 0.15) is 12.0 Å². The van der Waals surface area contributed by atoms with Crippen LogP contribution >= 0.6 is 0 Å². The average molecular weight is 422 g/mol. The minimum absolute atomic E-state index is 0.0467. The lowest BCUT2D eigenvalue weighted by atomic mass is 10.2. The second kappa shape index (κ2) is 9.83. The quantitative estimate of drug-likeness (QED) is 0.751. The molecule has 2 heterocycles. The fourth-order valence-corrected chi connectivity index (χ4v) is 4.21. The number of carbonyl (C=O) groups excluding carboxylic acids is 2. The highest BCUT2D eigenvalue weighted by molar-refractivity contribution is 5.96. The largest absolute Gasteiger partial charge is 0.369 e. The minimum atomic E-state index is -0.202. The van der Waals surface area contributed by atoms with Crippen molar-refractivity contribution in [1.82, 2.24) is 15.5 Å². The number of hydrogen-bond acceptors (Lipinski definition) is 4. The maximum Gasteiger partial charge on any atom is 0.315 e. The van der Waals surface area contributed by atoms with Gasteiger partial charge in [-0.25, -0.2) is 4.79 Å². The number of carbonyl (C=O) groups is 2. The third-order valence-electron chi connectivity index (χ3n) is 6.01. The summed E-state index contributed by atoms with van der Waals surface area (Å²) in [4.78, 5) is 31.2. The van der Waals surface area contributed by atoms with Gasteiger partial charge in [-0.3, -0.25) is 9.69 Å². The van der Waals surface area contributed by atoms with E-state index in [4.69, 9.17) is 0 Å². The molecule has 2 aliphatic rings. The van der Waals surface area contributed by atoms with E-state index in [0.717, 1.165) is 44.0 Å². The van der Waals surface area contributed by atoms with Crippen molar-refractivity contribution in [2.24, 2.45) is 0 Å². The molecule has 1 atom stereocenters. The number of nitrogens with one attached hydrogen (secondary N) is 2. The number of benzene rings is 2. The van der Waals surface area contributed by atoms with Gasteiger partial charge in [0.05, 0.1) is 6.04 Å². The molecule has 0 aliphatic carbocycles. The zero-order chi connectivity index (χ0) is 21.6. The SMILES string of the molecule is Cc1ccc(N2CC(NC(=O)NCCN3CCN(c4ccccc4)CC3)CC2=O)cc1. The van der Waals surface area contributed by atoms with Crippen LogP contribution in [0.5, 0.6) is 0 Å². The number of amides is 3. The van der Waals surface area contributed by atoms with E-state index in [9.17, 15) is 9.59 Å². The first kappa shape index (κ1) is 21.2. The minimum Gasteiger partial charge on any atom is -0.369 e. The van der Waals surface area contributed by atoms with Gasteiger partial charge in [0.25, 0.3) is 0 Å². The third kappa shape index (κ3) is 5.55. The van der Waals surface area contributed by atoms with Crippen molar-refractivity contribution in [2.45, 2.75) is 19.4 Å². The van der Waals surface area contributed by atoms with E-state index in [1.54, 1.807) is 4.90 Å². The second-order valence-corrected chi connectivity index (χ2v) is 8.31. The summed E-state index contributed by atoms with van der Waals surface area (Å²) in [5.74, 6) is 0.0467. The highest BCUT2D eigenvalue weighted by atomic mass is 16.2. The number of urea groups is 1. The summed E-state index contributed by atoms with van der Waals surface area (Å²) in [6.07, 6.45) is 0.336. The van der Waals surface area contributed by atoms with Gasteiger partial charge in [-0.2, -0.15) is 0 Å². The highest BCUT2D eigenvalue weighted by Gasteiger charge is 2.31. The van der Waals surface area contributed by atoms with Crippen LogP contribution in [0, 0.1) is 6.92 Å². The predicted octanol–water partition coefficient (Wildman–Crippen LogP) is 2.22. The van der Waals surface area contributed by atoms with E-state index in [2.05, 4.69) is 44.7 Å². The number of aryl methyl sites for hydroxylation is 1. The summed E-state index contributed by atoms with van der Waals surface area (Å²) < 4.78 is 0. The van der Waals surface area contributed by atoms with E-state index >= 15 is 0 Å². The van der Waals surface area contributed by atoms with Crippen LogP contribution in [0.2, 0.25) is 0 Å². The number of hydrogen-bond donors (Lipinski definition) is 2. The van der Waals surface area contributed by atoms with Crippen molar-refractivity contribution in [1.29, 1.82) is 0 Å². The Labute approximate surface area is 184 Å². The molecule has 2 aromatic carbocycles. The van der Waals surface area contributed by atoms with Crippen molar-refractivity contribution in [3.05, 3.63) is 60.2 Å². The Morgan fingerprint density at radius 2 is 1.68 bits per heavy atom. The Bertz CT molecular complexity index is 879. The summed E-state index contributed by atoms with van der Waals surface area (Å²) in [7, 11) is 0. The summed E-state index contributed by atoms with van der Waals surface area (Å²) in [5, 5.41) is 5.89. The van der Waals surface area contributed by atoms with Crippen LogP contribution in [0.3, 0.4) is 0 Å². The summed E-state index contributed by atoms with van der Waals surface area (Å²) in [6, 6.07) is 18.0. The molecule has 3 amide bonds. The van der Waals surface area contributed by atoms with Crippen molar-refractivity contribution in [3.8, 4) is 0 Å². The van der Waals surface area contributed by atoms with Gasteiger partial charge in [0, 0.05) is 63.6 Å². The summed E-state index contributed by atoms with van der Waals surface area (Å²) >= 11 is 0. The van der Waals surface area contributed by atoms with Crippen LogP contribution < -0.4 is 20.4 Å². The molecule has 2 fully saturated rings. The fourth-order valence-electron chi connectivity index (χ4n) is 4.21. The van der Waals surface area contributed by atoms with E-state index in [1.165, 1.54) is 5.69 Å². The van der Waals surface area contributed by atoms with E-state index < -0.39 is 0 Å². The Morgan fingerprint density at radius 3 is 2.39 bits per heavy atom. The molecule has 4 rings (SSSR count). The van der Waals surface area contributed by atoms with Gasteiger partial charge in [-0.15, -0.1) is 0 Å². The zero-order valence-corrected chi connectivity index (χ0v) is 18.1. The number of para-hydroxylation sites is 1. The molecule has 0 spiro atoms. The molecule has 31 heavy (non-hydrogen) atoms. The molecule has 0 saturated carbocycles. The van der Waals surface area contributed by atoms with Gasteiger partial charge in [0.2, 0.25) is 5.91 Å². The van der Waals surface area contributed by atoms with E-state index in [-0.39, 0.29) is 18.0 Å². The van der Waals surface area contributed by atoms with Crippen LogP contribution in [0.15, 0.2) is 54.6 Å². The molecular weight excluding hydrogens is 390 g/mol. The highest BCUT2D eigenvalue weighted by Crippen LogP contribution is 2.22. The zero-order valence-electron chi connectivity index (χ0n) is 18.1. The van der Waals surface area contributed by atoms with Crippen molar-refractivity contribution < 1.29 is 9.59 Å². The molecule has 7 heteroatoms. The van der Waals surface area contributed by atoms with Crippen molar-refractivity contribution in [2.75, 3.05) is 55.6 Å². The lowest BCUT2D eigenvalue weighted by Crippen LogP contribution is -2.50. The first-order valence-electron chi connectivity index (χ1n) is 11.0. The van der Waals surface area contributed by atoms with Gasteiger partial charge >= 0.3 is 6.03 Å². The summed E-state index contributed by atoms with van der Waals surface area (Å²) in [5.41, 5.74) is 3.31. The fraction of sp³-hybridized carbons (Fsp3) is 0.417. The monoisotopic (exact) mass is 421 g/mol. The summed E-state index contributed by atoms with van der Waals surface area (Å²) in [6.45, 7) is 7.92. The van der Waals surface area contributed by atoms with Gasteiger partial charge in [-0.05, 0) is 31.2 Å². The maximum atomic E-state index is 12.3. The average Bonchev–Trinajstić information content (AvgIpc) is 3.15. The van der Waals surface area contributed by atoms with Crippen LogP contribution in [-0.2, 0) is 4.79 Å². The molecule has 0 radical (unpaired) electrons. The standard InChI is InChI=1S/C24H31N5O2/c1-19-7-9-22(10-8-19)29-18-20(17-23(29)30)26-24(31)25-11-12-27-13-15-28(16-14-27)21-5-3-2-4-6-21/h2-10,20H,11-18H2,1H3,(H2,25,26,31). The molecule has 164 valence electrons. The van der Waals surface area contributed by atoms with Crippen molar-refractivity contribution >= 4 is 23.3 Å². The molecule has 2 saturated heterocycles. The smallest absolute Gasteiger partial charge is 0.315 e. The molecule has 0 aromatic heterocycles. The number of anilines is 2. The lowest BCUT2D eigenvalue weighted by molar-refractivity contribution is -0.117. The normalized spacial score (nSPS) is 19.5. The van der Waals surface area contributed by atoms with Gasteiger partial charge in [0.1, 0.15) is 0 Å². The Morgan fingerprint density at radius 1 is 0.968 bits per heavy atom. The molecule has 1 unspecified atom stereocenters. The van der Waals surface area contributed by atoms with Crippen LogP contribution in [0.25, 0.3) is 0 Å². The van der Waals surface area contributed by atoms with Crippen molar-refractivity contribution in [3.63, 3.8) is 0 Å². The lowest BCUT2D eigenvalue weighted by Gasteiger charge is -2.36. The predicted molar refractivity (Wildman–Crippen MR) is 124 cm³/mol. The third-order valence-corrected chi connectivity index (χ3v) is 6.01. The molecular formula is C24H31N5O2. The Kier molecular flexibility index (Phi) is 6.72. The van der Waals surface area contributed by atoms with Gasteiger partial charge in [0.15, 0.2) is 0 Å². The first-order valence-corrected chi connectivity index (χ1v) is 11.0. The van der Waals surface area contributed by atoms with Crippen LogP contribution in [-0.4, -0.2) is 68.7 Å². The number of nitrogens with zero attached hydrogens (tertiary/aromatic N) is 3. The molecule has 2 aromatic rings. The molecule has 2 aliphatic heterocycles. The molecule has 7 nitrogen and oxygen atoms in total. The Balaban J connectivity index is 1.15. The van der Waals surface area contributed by atoms with Gasteiger partial charge in [-0.1, -0.05) is 35.9 Å². The Hall–Kier alpha value is -3.06. The number of rotatable bonds is 6. The second-order valence-electron chi connectivity index (χ2n) is 8.31.